The van der Waals surface area contributed by atoms with Crippen molar-refractivity contribution in [3.63, 3.8) is 0 Å². The Balaban J connectivity index is 1.55. The molecule has 0 radical (unpaired) electrons. The molecule has 0 saturated carbocycles. The SMILES string of the molecule is COc1ccc(-n2nc(C(F)(F)F)c3c2C(=O)N(c2ccc(-c4ccccc4S(C)(=O)=O)cc2)CC3)c(C(=O)NCCCN(C)C)c1. The predicted octanol–water partition coefficient (Wildman–Crippen LogP) is 4.85. The van der Waals surface area contributed by atoms with Crippen LogP contribution >= 0.6 is 0 Å². The zero-order valence-corrected chi connectivity index (χ0v) is 27.1. The average Bonchev–Trinajstić information content (AvgIpc) is 3.44. The van der Waals surface area contributed by atoms with Crippen LogP contribution in [0.25, 0.3) is 16.8 Å². The molecule has 0 atom stereocenters. The van der Waals surface area contributed by atoms with Gasteiger partial charge in [-0.3, -0.25) is 9.59 Å². The second-order valence-corrected chi connectivity index (χ2v) is 13.4. The van der Waals surface area contributed by atoms with Gasteiger partial charge in [-0.1, -0.05) is 30.3 Å². The van der Waals surface area contributed by atoms with Gasteiger partial charge in [0.05, 0.1) is 23.3 Å². The number of hydrogen-bond acceptors (Lipinski definition) is 7. The van der Waals surface area contributed by atoms with Crippen LogP contribution in [-0.4, -0.2) is 82.0 Å². The Bertz CT molecular complexity index is 1920. The van der Waals surface area contributed by atoms with Crippen LogP contribution in [0.2, 0.25) is 0 Å². The maximum absolute atomic E-state index is 14.3. The lowest BCUT2D eigenvalue weighted by Crippen LogP contribution is -2.39. The predicted molar refractivity (Wildman–Crippen MR) is 171 cm³/mol. The molecule has 5 rings (SSSR count). The molecule has 2 heterocycles. The number of rotatable bonds is 10. The third-order valence-electron chi connectivity index (χ3n) is 7.81. The molecule has 0 bridgehead atoms. The summed E-state index contributed by atoms with van der Waals surface area (Å²) in [5.41, 5.74) is -0.305. The molecule has 1 aromatic heterocycles. The van der Waals surface area contributed by atoms with E-state index in [2.05, 4.69) is 10.4 Å². The number of carbonyl (C=O) groups is 2. The van der Waals surface area contributed by atoms with Crippen molar-refractivity contribution in [1.29, 1.82) is 0 Å². The number of halogens is 3. The molecule has 0 saturated heterocycles. The number of aromatic nitrogens is 2. The van der Waals surface area contributed by atoms with Crippen LogP contribution in [0.3, 0.4) is 0 Å². The Morgan fingerprint density at radius 2 is 1.77 bits per heavy atom. The van der Waals surface area contributed by atoms with Gasteiger partial charge in [-0.25, -0.2) is 13.1 Å². The number of nitrogens with zero attached hydrogens (tertiary/aromatic N) is 4. The highest BCUT2D eigenvalue weighted by atomic mass is 32.2. The highest BCUT2D eigenvalue weighted by Gasteiger charge is 2.43. The van der Waals surface area contributed by atoms with Crippen LogP contribution in [0.5, 0.6) is 5.75 Å². The van der Waals surface area contributed by atoms with Gasteiger partial charge in [0.15, 0.2) is 15.5 Å². The first kappa shape index (κ1) is 33.7. The normalized spacial score (nSPS) is 13.5. The summed E-state index contributed by atoms with van der Waals surface area (Å²) in [5.74, 6) is -0.984. The van der Waals surface area contributed by atoms with E-state index >= 15 is 0 Å². The second kappa shape index (κ2) is 13.2. The molecule has 1 aliphatic heterocycles. The summed E-state index contributed by atoms with van der Waals surface area (Å²) in [5, 5.41) is 6.67. The van der Waals surface area contributed by atoms with Gasteiger partial charge in [0.1, 0.15) is 11.4 Å². The largest absolute Gasteiger partial charge is 0.497 e. The number of anilines is 1. The molecule has 248 valence electrons. The highest BCUT2D eigenvalue weighted by molar-refractivity contribution is 7.90. The Hall–Kier alpha value is -4.69. The minimum absolute atomic E-state index is 0.00737. The van der Waals surface area contributed by atoms with Gasteiger partial charge >= 0.3 is 6.18 Å². The quantitative estimate of drug-likeness (QED) is 0.240. The van der Waals surface area contributed by atoms with E-state index in [9.17, 15) is 31.2 Å². The summed E-state index contributed by atoms with van der Waals surface area (Å²) in [6.45, 7) is 0.972. The van der Waals surface area contributed by atoms with Crippen molar-refractivity contribution in [3.05, 3.63) is 89.2 Å². The molecular formula is C33H34F3N5O5S. The maximum Gasteiger partial charge on any atom is 0.435 e. The van der Waals surface area contributed by atoms with E-state index in [1.807, 2.05) is 19.0 Å². The minimum Gasteiger partial charge on any atom is -0.497 e. The van der Waals surface area contributed by atoms with E-state index in [1.165, 1.54) is 36.3 Å². The van der Waals surface area contributed by atoms with Gasteiger partial charge in [-0.2, -0.15) is 18.3 Å². The van der Waals surface area contributed by atoms with E-state index in [-0.39, 0.29) is 40.4 Å². The number of hydrogen-bond donors (Lipinski definition) is 1. The smallest absolute Gasteiger partial charge is 0.435 e. The average molecular weight is 670 g/mol. The van der Waals surface area contributed by atoms with E-state index in [0.29, 0.717) is 42.1 Å². The van der Waals surface area contributed by atoms with Crippen LogP contribution in [-0.2, 0) is 22.4 Å². The summed E-state index contributed by atoms with van der Waals surface area (Å²) in [4.78, 5) is 30.9. The number of fused-ring (bicyclic) bond motifs is 1. The summed E-state index contributed by atoms with van der Waals surface area (Å²) >= 11 is 0. The van der Waals surface area contributed by atoms with Crippen molar-refractivity contribution >= 4 is 27.3 Å². The summed E-state index contributed by atoms with van der Waals surface area (Å²) in [6, 6.07) is 17.3. The fourth-order valence-electron chi connectivity index (χ4n) is 5.56. The molecule has 47 heavy (non-hydrogen) atoms. The summed E-state index contributed by atoms with van der Waals surface area (Å²) in [6.07, 6.45) is -3.24. The monoisotopic (exact) mass is 669 g/mol. The Morgan fingerprint density at radius 1 is 1.06 bits per heavy atom. The van der Waals surface area contributed by atoms with Crippen molar-refractivity contribution in [1.82, 2.24) is 20.0 Å². The van der Waals surface area contributed by atoms with Crippen molar-refractivity contribution < 1.29 is 35.9 Å². The van der Waals surface area contributed by atoms with Gasteiger partial charge in [0.25, 0.3) is 11.8 Å². The Labute approximate surface area is 270 Å². The van der Waals surface area contributed by atoms with Crippen molar-refractivity contribution in [3.8, 4) is 22.6 Å². The number of sulfone groups is 1. The number of alkyl halides is 3. The van der Waals surface area contributed by atoms with E-state index in [0.717, 1.165) is 10.9 Å². The Morgan fingerprint density at radius 3 is 2.40 bits per heavy atom. The van der Waals surface area contributed by atoms with Gasteiger partial charge in [0.2, 0.25) is 0 Å². The van der Waals surface area contributed by atoms with Crippen LogP contribution < -0.4 is 15.0 Å². The number of amides is 2. The summed E-state index contributed by atoms with van der Waals surface area (Å²) < 4.78 is 73.7. The molecule has 2 amide bonds. The molecule has 4 aromatic rings. The fourth-order valence-corrected chi connectivity index (χ4v) is 6.47. The molecule has 14 heteroatoms. The van der Waals surface area contributed by atoms with Crippen molar-refractivity contribution in [2.45, 2.75) is 23.9 Å². The molecule has 1 aliphatic rings. The number of methoxy groups -OCH3 is 1. The number of ether oxygens (including phenoxy) is 1. The lowest BCUT2D eigenvalue weighted by molar-refractivity contribution is -0.141. The van der Waals surface area contributed by atoms with E-state index in [1.54, 1.807) is 42.5 Å². The van der Waals surface area contributed by atoms with Gasteiger partial charge < -0.3 is 19.9 Å². The fraction of sp³-hybridized carbons (Fsp3) is 0.303. The first-order chi connectivity index (χ1) is 22.2. The van der Waals surface area contributed by atoms with E-state index < -0.39 is 33.5 Å². The minimum atomic E-state index is -4.85. The maximum atomic E-state index is 14.3. The molecule has 3 aromatic carbocycles. The number of carbonyl (C=O) groups excluding carboxylic acids is 2. The lowest BCUT2D eigenvalue weighted by atomic mass is 10.0. The van der Waals surface area contributed by atoms with Crippen LogP contribution in [0.4, 0.5) is 18.9 Å². The van der Waals surface area contributed by atoms with Crippen LogP contribution in [0, 0.1) is 0 Å². The highest BCUT2D eigenvalue weighted by Crippen LogP contribution is 2.38. The number of nitrogens with one attached hydrogen (secondary N) is 1. The molecule has 1 N–H and O–H groups in total. The zero-order valence-electron chi connectivity index (χ0n) is 26.3. The second-order valence-electron chi connectivity index (χ2n) is 11.4. The first-order valence-electron chi connectivity index (χ1n) is 14.7. The van der Waals surface area contributed by atoms with Crippen molar-refractivity contribution in [2.24, 2.45) is 0 Å². The van der Waals surface area contributed by atoms with Gasteiger partial charge in [-0.15, -0.1) is 0 Å². The van der Waals surface area contributed by atoms with E-state index in [4.69, 9.17) is 4.74 Å². The number of benzene rings is 3. The molecule has 0 unspecified atom stereocenters. The van der Waals surface area contributed by atoms with Crippen molar-refractivity contribution in [2.75, 3.05) is 52.0 Å². The third kappa shape index (κ3) is 7.03. The molecule has 0 fully saturated rings. The third-order valence-corrected chi connectivity index (χ3v) is 8.96. The molecule has 0 aliphatic carbocycles. The first-order valence-corrected chi connectivity index (χ1v) is 16.6. The Kier molecular flexibility index (Phi) is 9.46. The summed E-state index contributed by atoms with van der Waals surface area (Å²) in [7, 11) is 1.67. The lowest BCUT2D eigenvalue weighted by Gasteiger charge is -2.28. The van der Waals surface area contributed by atoms with Crippen LogP contribution in [0.1, 0.15) is 38.5 Å². The zero-order chi connectivity index (χ0) is 34.1. The molecule has 10 nitrogen and oxygen atoms in total. The topological polar surface area (TPSA) is 114 Å². The van der Waals surface area contributed by atoms with Gasteiger partial charge in [0, 0.05) is 36.2 Å². The standard InChI is InChI=1S/C33H34F3N5O5S/c1-39(2)18-7-17-37-31(42)26-20-23(46-3)14-15-27(26)41-29-25(30(38-41)33(34,35)36)16-19-40(32(29)43)22-12-10-21(11-13-22)24-8-5-6-9-28(24)47(4,44)45/h5-6,8-15,20H,7,16-19H2,1-4H3,(H,37,42). The molecule has 0 spiro atoms. The van der Waals surface area contributed by atoms with Crippen LogP contribution in [0.15, 0.2) is 71.6 Å². The van der Waals surface area contributed by atoms with Gasteiger partial charge in [-0.05, 0) is 75.4 Å². The molecular weight excluding hydrogens is 635 g/mol.